The van der Waals surface area contributed by atoms with Crippen molar-refractivity contribution < 1.29 is 14.7 Å². The van der Waals surface area contributed by atoms with Crippen LogP contribution in [0.5, 0.6) is 0 Å². The zero-order valence-electron chi connectivity index (χ0n) is 9.19. The molecular weight excluding hydrogens is 198 g/mol. The van der Waals surface area contributed by atoms with Gasteiger partial charge in [-0.1, -0.05) is 5.16 Å². The Morgan fingerprint density at radius 1 is 1.60 bits per heavy atom. The molecule has 0 saturated carbocycles. The van der Waals surface area contributed by atoms with Crippen molar-refractivity contribution in [2.75, 3.05) is 13.7 Å². The average molecular weight is 217 g/mol. The van der Waals surface area contributed by atoms with Crippen LogP contribution in [0.4, 0.5) is 0 Å². The van der Waals surface area contributed by atoms with Crippen molar-refractivity contribution in [3.8, 4) is 0 Å². The fraction of sp³-hybridized carbons (Fsp3) is 0.778. The van der Waals surface area contributed by atoms with Crippen LogP contribution in [0.3, 0.4) is 0 Å². The maximum absolute atomic E-state index is 11.2. The number of hydrogen-bond acceptors (Lipinski definition) is 4. The van der Waals surface area contributed by atoms with Crippen molar-refractivity contribution in [3.63, 3.8) is 0 Å². The maximum Gasteiger partial charge on any atom is 0.220 e. The summed E-state index contributed by atoms with van der Waals surface area (Å²) in [5, 5.41) is 13.7. The van der Waals surface area contributed by atoms with Crippen molar-refractivity contribution in [3.05, 3.63) is 0 Å². The van der Waals surface area contributed by atoms with Gasteiger partial charge >= 0.3 is 0 Å². The molecule has 0 fully saturated rings. The molecule has 88 valence electrons. The van der Waals surface area contributed by atoms with Gasteiger partial charge in [0, 0.05) is 26.5 Å². The zero-order valence-corrected chi connectivity index (χ0v) is 9.19. The molecule has 4 N–H and O–H groups in total. The Hall–Kier alpha value is -1.30. The van der Waals surface area contributed by atoms with E-state index in [1.807, 2.05) is 6.92 Å². The van der Waals surface area contributed by atoms with E-state index in [9.17, 15) is 4.79 Å². The van der Waals surface area contributed by atoms with Crippen LogP contribution in [0.25, 0.3) is 0 Å². The quantitative estimate of drug-likeness (QED) is 0.243. The lowest BCUT2D eigenvalue weighted by Crippen LogP contribution is -2.28. The van der Waals surface area contributed by atoms with Gasteiger partial charge in [0.05, 0.1) is 6.10 Å². The predicted octanol–water partition coefficient (Wildman–Crippen LogP) is 0.0542. The summed E-state index contributed by atoms with van der Waals surface area (Å²) in [6.07, 6.45) is 1.54. The maximum atomic E-state index is 11.2. The summed E-state index contributed by atoms with van der Waals surface area (Å²) < 4.78 is 5.01. The molecule has 1 unspecified atom stereocenters. The molecule has 15 heavy (non-hydrogen) atoms. The van der Waals surface area contributed by atoms with Crippen LogP contribution >= 0.6 is 0 Å². The zero-order chi connectivity index (χ0) is 11.7. The van der Waals surface area contributed by atoms with Gasteiger partial charge in [-0.15, -0.1) is 0 Å². The number of carbonyl (C=O) groups is 1. The van der Waals surface area contributed by atoms with Crippen molar-refractivity contribution in [1.29, 1.82) is 0 Å². The molecule has 1 atom stereocenters. The van der Waals surface area contributed by atoms with Gasteiger partial charge in [-0.2, -0.15) is 0 Å². The lowest BCUT2D eigenvalue weighted by molar-refractivity contribution is -0.121. The molecule has 0 radical (unpaired) electrons. The summed E-state index contributed by atoms with van der Waals surface area (Å²) in [7, 11) is 1.61. The van der Waals surface area contributed by atoms with Crippen molar-refractivity contribution in [2.45, 2.75) is 32.3 Å². The lowest BCUT2D eigenvalue weighted by Gasteiger charge is -2.08. The van der Waals surface area contributed by atoms with Gasteiger partial charge in [0.1, 0.15) is 5.84 Å². The highest BCUT2D eigenvalue weighted by Gasteiger charge is 2.05. The third-order valence-corrected chi connectivity index (χ3v) is 2.01. The highest BCUT2D eigenvalue weighted by atomic mass is 16.5. The first-order chi connectivity index (χ1) is 7.10. The number of carbonyl (C=O) groups excluding carboxylic acids is 1. The van der Waals surface area contributed by atoms with Gasteiger partial charge in [0.15, 0.2) is 0 Å². The molecule has 0 aromatic heterocycles. The van der Waals surface area contributed by atoms with Crippen molar-refractivity contribution in [1.82, 2.24) is 5.32 Å². The Kier molecular flexibility index (Phi) is 7.35. The smallest absolute Gasteiger partial charge is 0.220 e. The van der Waals surface area contributed by atoms with Crippen LogP contribution in [0.1, 0.15) is 26.2 Å². The van der Waals surface area contributed by atoms with Crippen LogP contribution in [0.15, 0.2) is 5.16 Å². The van der Waals surface area contributed by atoms with Gasteiger partial charge in [-0.3, -0.25) is 4.79 Å². The molecule has 0 aliphatic heterocycles. The second-order valence-corrected chi connectivity index (χ2v) is 3.28. The average Bonchev–Trinajstić information content (AvgIpc) is 2.25. The van der Waals surface area contributed by atoms with Gasteiger partial charge in [-0.05, 0) is 13.3 Å². The van der Waals surface area contributed by atoms with Crippen LogP contribution in [0, 0.1) is 0 Å². The largest absolute Gasteiger partial charge is 0.409 e. The molecule has 0 aliphatic carbocycles. The van der Waals surface area contributed by atoms with E-state index in [2.05, 4.69) is 10.5 Å². The highest BCUT2D eigenvalue weighted by molar-refractivity contribution is 5.81. The standard InChI is InChI=1S/C9H19N3O3/c1-7(15-2)3-4-9(13)11-6-5-8(10)12-14/h7,14H,3-6H2,1-2H3,(H2,10,12)(H,11,13). The topological polar surface area (TPSA) is 96.9 Å². The molecule has 6 nitrogen and oxygen atoms in total. The minimum Gasteiger partial charge on any atom is -0.409 e. The van der Waals surface area contributed by atoms with Gasteiger partial charge in [0.25, 0.3) is 0 Å². The molecule has 1 amide bonds. The molecule has 0 aromatic carbocycles. The van der Waals surface area contributed by atoms with Crippen LogP contribution in [0.2, 0.25) is 0 Å². The van der Waals surface area contributed by atoms with Crippen LogP contribution in [-0.4, -0.2) is 36.7 Å². The van der Waals surface area contributed by atoms with Crippen LogP contribution in [-0.2, 0) is 9.53 Å². The number of hydrogen-bond donors (Lipinski definition) is 3. The Labute approximate surface area is 89.5 Å². The van der Waals surface area contributed by atoms with Gasteiger partial charge in [-0.25, -0.2) is 0 Å². The first kappa shape index (κ1) is 13.7. The third kappa shape index (κ3) is 7.75. The second-order valence-electron chi connectivity index (χ2n) is 3.28. The summed E-state index contributed by atoms with van der Waals surface area (Å²) in [6.45, 7) is 2.29. The summed E-state index contributed by atoms with van der Waals surface area (Å²) >= 11 is 0. The fourth-order valence-corrected chi connectivity index (χ4v) is 0.921. The summed E-state index contributed by atoms with van der Waals surface area (Å²) in [5.41, 5.74) is 5.23. The molecule has 0 heterocycles. The SMILES string of the molecule is COC(C)CCC(=O)NCCC(N)=NO. The van der Waals surface area contributed by atoms with Crippen molar-refractivity contribution in [2.24, 2.45) is 10.9 Å². The fourth-order valence-electron chi connectivity index (χ4n) is 0.921. The number of nitrogens with two attached hydrogens (primary N) is 1. The van der Waals surface area contributed by atoms with E-state index in [4.69, 9.17) is 15.7 Å². The van der Waals surface area contributed by atoms with Gasteiger partial charge in [0.2, 0.25) is 5.91 Å². The monoisotopic (exact) mass is 217 g/mol. The van der Waals surface area contributed by atoms with E-state index in [-0.39, 0.29) is 17.8 Å². The number of amidine groups is 1. The first-order valence-electron chi connectivity index (χ1n) is 4.86. The Morgan fingerprint density at radius 2 is 2.27 bits per heavy atom. The normalized spacial score (nSPS) is 13.6. The minimum atomic E-state index is -0.0513. The Bertz CT molecular complexity index is 219. The molecule has 6 heteroatoms. The molecule has 0 aromatic rings. The second kappa shape index (κ2) is 8.05. The number of amides is 1. The number of methoxy groups -OCH3 is 1. The van der Waals surface area contributed by atoms with E-state index >= 15 is 0 Å². The number of ether oxygens (including phenoxy) is 1. The first-order valence-corrected chi connectivity index (χ1v) is 4.86. The highest BCUT2D eigenvalue weighted by Crippen LogP contribution is 1.99. The Morgan fingerprint density at radius 3 is 2.80 bits per heavy atom. The Balaban J connectivity index is 3.50. The van der Waals surface area contributed by atoms with Crippen LogP contribution < -0.4 is 11.1 Å². The number of rotatable bonds is 7. The summed E-state index contributed by atoms with van der Waals surface area (Å²) in [5.74, 6) is 0.0604. The van der Waals surface area contributed by atoms with E-state index in [1.54, 1.807) is 7.11 Å². The minimum absolute atomic E-state index is 0.0513. The third-order valence-electron chi connectivity index (χ3n) is 2.01. The lowest BCUT2D eigenvalue weighted by atomic mass is 10.2. The molecule has 0 saturated heterocycles. The van der Waals surface area contributed by atoms with E-state index < -0.39 is 0 Å². The number of nitrogens with one attached hydrogen (secondary N) is 1. The summed E-state index contributed by atoms with van der Waals surface area (Å²) in [4.78, 5) is 11.2. The summed E-state index contributed by atoms with van der Waals surface area (Å²) in [6, 6.07) is 0. The van der Waals surface area contributed by atoms with E-state index in [0.717, 1.165) is 0 Å². The molecule has 0 spiro atoms. The number of oxime groups is 1. The molecule has 0 aliphatic rings. The van der Waals surface area contributed by atoms with E-state index in [0.29, 0.717) is 25.8 Å². The molecule has 0 bridgehead atoms. The number of nitrogens with zero attached hydrogens (tertiary/aromatic N) is 1. The van der Waals surface area contributed by atoms with E-state index in [1.165, 1.54) is 0 Å². The van der Waals surface area contributed by atoms with Crippen molar-refractivity contribution >= 4 is 11.7 Å². The molecule has 0 rings (SSSR count). The molecular formula is C9H19N3O3. The predicted molar refractivity (Wildman–Crippen MR) is 56.7 cm³/mol. The van der Waals surface area contributed by atoms with Gasteiger partial charge < -0.3 is 21.0 Å².